The van der Waals surface area contributed by atoms with Crippen LogP contribution >= 0.6 is 0 Å². The van der Waals surface area contributed by atoms with E-state index in [1.54, 1.807) is 30.3 Å². The van der Waals surface area contributed by atoms with Gasteiger partial charge in [0.2, 0.25) is 11.8 Å². The van der Waals surface area contributed by atoms with Crippen molar-refractivity contribution in [3.8, 4) is 0 Å². The smallest absolute Gasteiger partial charge is 0.337 e. The molecule has 1 aliphatic carbocycles. The second kappa shape index (κ2) is 6.80. The van der Waals surface area contributed by atoms with Crippen molar-refractivity contribution in [1.29, 1.82) is 0 Å². The maximum absolute atomic E-state index is 12.5. The van der Waals surface area contributed by atoms with Gasteiger partial charge in [-0.15, -0.1) is 0 Å². The molecule has 0 bridgehead atoms. The van der Waals surface area contributed by atoms with Crippen LogP contribution in [0.2, 0.25) is 0 Å². The van der Waals surface area contributed by atoms with Gasteiger partial charge in [-0.05, 0) is 43.2 Å². The molecule has 2 N–H and O–H groups in total. The first-order chi connectivity index (χ1) is 12.0. The van der Waals surface area contributed by atoms with Crippen molar-refractivity contribution in [3.05, 3.63) is 54.0 Å². The molecule has 1 fully saturated rings. The van der Waals surface area contributed by atoms with Gasteiger partial charge in [0, 0.05) is 5.69 Å². The highest BCUT2D eigenvalue weighted by Gasteiger charge is 2.56. The first-order valence-corrected chi connectivity index (χ1v) is 7.86. The third kappa shape index (κ3) is 3.55. The second-order valence-corrected chi connectivity index (χ2v) is 5.87. The van der Waals surface area contributed by atoms with Crippen molar-refractivity contribution in [1.82, 2.24) is 5.32 Å². The number of esters is 1. The molecule has 1 aliphatic rings. The third-order valence-electron chi connectivity index (χ3n) is 4.16. The molecule has 7 heteroatoms. The lowest BCUT2D eigenvalue weighted by molar-refractivity contribution is -0.134. The van der Waals surface area contributed by atoms with Gasteiger partial charge in [-0.25, -0.2) is 4.79 Å². The van der Waals surface area contributed by atoms with E-state index in [9.17, 15) is 14.4 Å². The van der Waals surface area contributed by atoms with Gasteiger partial charge in [-0.2, -0.15) is 0 Å². The van der Waals surface area contributed by atoms with Crippen LogP contribution in [0.1, 0.15) is 29.0 Å². The molecule has 0 saturated heterocycles. The minimum absolute atomic E-state index is 0.235. The van der Waals surface area contributed by atoms with Gasteiger partial charge in [-0.3, -0.25) is 9.59 Å². The highest BCUT2D eigenvalue weighted by atomic mass is 16.5. The molecule has 25 heavy (non-hydrogen) atoms. The van der Waals surface area contributed by atoms with Crippen LogP contribution in [0.3, 0.4) is 0 Å². The zero-order valence-electron chi connectivity index (χ0n) is 13.7. The van der Waals surface area contributed by atoms with E-state index in [0.29, 0.717) is 29.9 Å². The number of ether oxygens (including phenoxy) is 1. The van der Waals surface area contributed by atoms with Gasteiger partial charge in [0.15, 0.2) is 0 Å². The topological polar surface area (TPSA) is 97.6 Å². The van der Waals surface area contributed by atoms with Crippen LogP contribution in [0.15, 0.2) is 47.1 Å². The van der Waals surface area contributed by atoms with Crippen LogP contribution in [0, 0.1) is 5.41 Å². The van der Waals surface area contributed by atoms with E-state index >= 15 is 0 Å². The number of hydrogen-bond donors (Lipinski definition) is 2. The van der Waals surface area contributed by atoms with Gasteiger partial charge < -0.3 is 19.8 Å². The number of amides is 2. The first kappa shape index (κ1) is 16.8. The minimum Gasteiger partial charge on any atom is -0.467 e. The zero-order chi connectivity index (χ0) is 17.9. The molecular weight excluding hydrogens is 324 g/mol. The summed E-state index contributed by atoms with van der Waals surface area (Å²) in [4.78, 5) is 36.5. The Labute approximate surface area is 144 Å². The molecule has 1 saturated carbocycles. The van der Waals surface area contributed by atoms with Gasteiger partial charge >= 0.3 is 5.97 Å². The van der Waals surface area contributed by atoms with Crippen LogP contribution in [-0.2, 0) is 20.9 Å². The fourth-order valence-electron chi connectivity index (χ4n) is 2.52. The quantitative estimate of drug-likeness (QED) is 0.619. The molecule has 7 nitrogen and oxygen atoms in total. The Balaban J connectivity index is 1.64. The predicted molar refractivity (Wildman–Crippen MR) is 88.6 cm³/mol. The summed E-state index contributed by atoms with van der Waals surface area (Å²) in [6.45, 7) is 0.235. The van der Waals surface area contributed by atoms with Crippen molar-refractivity contribution in [3.63, 3.8) is 0 Å². The summed E-state index contributed by atoms with van der Waals surface area (Å²) in [5, 5.41) is 5.43. The molecule has 0 spiro atoms. The number of furan rings is 1. The average Bonchev–Trinajstić information content (AvgIpc) is 3.28. The number of methoxy groups -OCH3 is 1. The van der Waals surface area contributed by atoms with Crippen molar-refractivity contribution in [2.24, 2.45) is 5.41 Å². The Hall–Kier alpha value is -3.09. The van der Waals surface area contributed by atoms with E-state index in [-0.39, 0.29) is 18.4 Å². The second-order valence-electron chi connectivity index (χ2n) is 5.87. The van der Waals surface area contributed by atoms with E-state index < -0.39 is 11.4 Å². The van der Waals surface area contributed by atoms with Crippen molar-refractivity contribution < 1.29 is 23.5 Å². The number of hydrogen-bond acceptors (Lipinski definition) is 5. The molecule has 1 aromatic heterocycles. The molecule has 2 aromatic rings. The van der Waals surface area contributed by atoms with Gasteiger partial charge in [0.1, 0.15) is 11.2 Å². The van der Waals surface area contributed by atoms with E-state index in [1.807, 2.05) is 0 Å². The maximum atomic E-state index is 12.5. The maximum Gasteiger partial charge on any atom is 0.337 e. The molecule has 2 amide bonds. The molecule has 0 unspecified atom stereocenters. The summed E-state index contributed by atoms with van der Waals surface area (Å²) in [5.41, 5.74) is -0.293. The summed E-state index contributed by atoms with van der Waals surface area (Å²) < 4.78 is 9.82. The molecule has 0 atom stereocenters. The fourth-order valence-corrected chi connectivity index (χ4v) is 2.52. The Morgan fingerprint density at radius 3 is 2.60 bits per heavy atom. The number of carbonyl (C=O) groups is 3. The first-order valence-electron chi connectivity index (χ1n) is 7.86. The standard InChI is InChI=1S/C18H18N2O5/c1-24-15(21)12-4-2-5-13(10-12)20-17(23)18(7-8-18)16(22)19-11-14-6-3-9-25-14/h2-6,9-10H,7-8,11H2,1H3,(H,19,22)(H,20,23). The van der Waals surface area contributed by atoms with Gasteiger partial charge in [-0.1, -0.05) is 6.07 Å². The zero-order valence-corrected chi connectivity index (χ0v) is 13.7. The summed E-state index contributed by atoms with van der Waals surface area (Å²) in [5.74, 6) is -0.583. The summed E-state index contributed by atoms with van der Waals surface area (Å²) in [6.07, 6.45) is 2.49. The predicted octanol–water partition coefficient (Wildman–Crippen LogP) is 2.10. The number of rotatable bonds is 6. The van der Waals surface area contributed by atoms with Crippen LogP contribution in [-0.4, -0.2) is 24.9 Å². The number of anilines is 1. The molecule has 130 valence electrons. The number of carbonyl (C=O) groups excluding carboxylic acids is 3. The Morgan fingerprint density at radius 2 is 1.96 bits per heavy atom. The minimum atomic E-state index is -1.06. The van der Waals surface area contributed by atoms with E-state index in [0.717, 1.165) is 0 Å². The van der Waals surface area contributed by atoms with Gasteiger partial charge in [0.05, 0.1) is 25.5 Å². The lowest BCUT2D eigenvalue weighted by Gasteiger charge is -2.15. The highest BCUT2D eigenvalue weighted by Crippen LogP contribution is 2.46. The number of benzene rings is 1. The lowest BCUT2D eigenvalue weighted by Crippen LogP contribution is -2.39. The molecule has 0 radical (unpaired) electrons. The molecular formula is C18H18N2O5. The van der Waals surface area contributed by atoms with E-state index in [1.165, 1.54) is 19.4 Å². The summed E-state index contributed by atoms with van der Waals surface area (Å²) in [6, 6.07) is 9.87. The molecule has 1 aromatic carbocycles. The van der Waals surface area contributed by atoms with Crippen LogP contribution in [0.5, 0.6) is 0 Å². The molecule has 1 heterocycles. The monoisotopic (exact) mass is 342 g/mol. The number of nitrogens with one attached hydrogen (secondary N) is 2. The van der Waals surface area contributed by atoms with Gasteiger partial charge in [0.25, 0.3) is 0 Å². The van der Waals surface area contributed by atoms with Crippen molar-refractivity contribution in [2.75, 3.05) is 12.4 Å². The Bertz CT molecular complexity index is 794. The molecule has 0 aliphatic heterocycles. The Morgan fingerprint density at radius 1 is 1.16 bits per heavy atom. The summed E-state index contributed by atoms with van der Waals surface area (Å²) >= 11 is 0. The normalized spacial score (nSPS) is 14.4. The largest absolute Gasteiger partial charge is 0.467 e. The SMILES string of the molecule is COC(=O)c1cccc(NC(=O)C2(C(=O)NCc3ccco3)CC2)c1. The van der Waals surface area contributed by atoms with Crippen molar-refractivity contribution in [2.45, 2.75) is 19.4 Å². The lowest BCUT2D eigenvalue weighted by atomic mass is 10.0. The van der Waals surface area contributed by atoms with E-state index in [2.05, 4.69) is 15.4 Å². The van der Waals surface area contributed by atoms with Crippen LogP contribution in [0.4, 0.5) is 5.69 Å². The summed E-state index contributed by atoms with van der Waals surface area (Å²) in [7, 11) is 1.29. The van der Waals surface area contributed by atoms with Crippen LogP contribution < -0.4 is 10.6 Å². The average molecular weight is 342 g/mol. The highest BCUT2D eigenvalue weighted by molar-refractivity contribution is 6.13. The Kier molecular flexibility index (Phi) is 4.56. The van der Waals surface area contributed by atoms with E-state index in [4.69, 9.17) is 4.42 Å². The fraction of sp³-hybridized carbons (Fsp3) is 0.278. The van der Waals surface area contributed by atoms with Crippen molar-refractivity contribution >= 4 is 23.5 Å². The molecule has 3 rings (SSSR count). The van der Waals surface area contributed by atoms with Crippen LogP contribution in [0.25, 0.3) is 0 Å². The third-order valence-corrected chi connectivity index (χ3v) is 4.16.